The molecular formula is C15H13OSi. The third kappa shape index (κ3) is 1.86. The predicted molar refractivity (Wildman–Crippen MR) is 72.9 cm³/mol. The molecular weight excluding hydrogens is 224 g/mol. The second kappa shape index (κ2) is 4.70. The van der Waals surface area contributed by atoms with Crippen molar-refractivity contribution < 1.29 is 4.43 Å². The molecule has 1 nitrogen and oxygen atoms in total. The van der Waals surface area contributed by atoms with Gasteiger partial charge in [0.2, 0.25) is 10.5 Å². The van der Waals surface area contributed by atoms with Crippen molar-refractivity contribution in [2.24, 2.45) is 0 Å². The van der Waals surface area contributed by atoms with Crippen LogP contribution in [0.5, 0.6) is 0 Å². The summed E-state index contributed by atoms with van der Waals surface area (Å²) in [5.41, 5.74) is 0.313. The maximum atomic E-state index is 5.40. The van der Waals surface area contributed by atoms with Gasteiger partial charge in [-0.1, -0.05) is 67.8 Å². The van der Waals surface area contributed by atoms with Crippen molar-refractivity contribution in [3.8, 4) is 0 Å². The normalized spacial score (nSPS) is 11.4. The van der Waals surface area contributed by atoms with E-state index in [1.54, 1.807) is 12.2 Å². The maximum Gasteiger partial charge on any atom is 0.248 e. The molecule has 3 radical (unpaired) electrons. The number of hydrogen-bond donors (Lipinski definition) is 0. The van der Waals surface area contributed by atoms with Gasteiger partial charge in [-0.05, 0) is 16.3 Å². The molecule has 2 heteroatoms. The van der Waals surface area contributed by atoms with E-state index in [1.807, 2.05) is 24.3 Å². The SMILES string of the molecule is C=CC(C=C)(O[Si])c1cccc2ccccc12. The Kier molecular flexibility index (Phi) is 3.27. The molecule has 17 heavy (non-hydrogen) atoms. The molecule has 0 aromatic heterocycles. The topological polar surface area (TPSA) is 9.23 Å². The van der Waals surface area contributed by atoms with Gasteiger partial charge >= 0.3 is 0 Å². The summed E-state index contributed by atoms with van der Waals surface area (Å²) < 4.78 is 5.40. The highest BCUT2D eigenvalue weighted by atomic mass is 28.2. The van der Waals surface area contributed by atoms with E-state index >= 15 is 0 Å². The molecule has 0 N–H and O–H groups in total. The molecule has 0 heterocycles. The lowest BCUT2D eigenvalue weighted by molar-refractivity contribution is 0.195. The second-order valence-electron chi connectivity index (χ2n) is 3.83. The van der Waals surface area contributed by atoms with Crippen LogP contribution in [-0.4, -0.2) is 10.5 Å². The fourth-order valence-electron chi connectivity index (χ4n) is 2.01. The van der Waals surface area contributed by atoms with E-state index in [9.17, 15) is 0 Å². The summed E-state index contributed by atoms with van der Waals surface area (Å²) in [6, 6.07) is 14.3. The van der Waals surface area contributed by atoms with Crippen LogP contribution >= 0.6 is 0 Å². The van der Waals surface area contributed by atoms with Crippen LogP contribution in [0.15, 0.2) is 67.8 Å². The number of benzene rings is 2. The molecule has 0 atom stereocenters. The molecule has 0 amide bonds. The number of rotatable bonds is 4. The van der Waals surface area contributed by atoms with Crippen molar-refractivity contribution in [1.29, 1.82) is 0 Å². The predicted octanol–water partition coefficient (Wildman–Crippen LogP) is 3.51. The van der Waals surface area contributed by atoms with Crippen LogP contribution in [0.3, 0.4) is 0 Å². The number of fused-ring (bicyclic) bond motifs is 1. The molecule has 0 spiro atoms. The van der Waals surface area contributed by atoms with E-state index < -0.39 is 5.60 Å². The molecule has 2 rings (SSSR count). The zero-order valence-corrected chi connectivity index (χ0v) is 10.5. The Hall–Kier alpha value is -1.64. The first-order chi connectivity index (χ1) is 8.27. The Balaban J connectivity index is 2.78. The number of hydrogen-bond acceptors (Lipinski definition) is 1. The molecule has 0 saturated carbocycles. The molecule has 0 saturated heterocycles. The van der Waals surface area contributed by atoms with Gasteiger partial charge in [0.1, 0.15) is 5.60 Å². The molecule has 83 valence electrons. The Morgan fingerprint density at radius 2 is 1.65 bits per heavy atom. The second-order valence-corrected chi connectivity index (χ2v) is 4.03. The first-order valence-electron chi connectivity index (χ1n) is 5.37. The quantitative estimate of drug-likeness (QED) is 0.584. The van der Waals surface area contributed by atoms with Crippen molar-refractivity contribution in [3.63, 3.8) is 0 Å². The fraction of sp³-hybridized carbons (Fsp3) is 0.0667. The lowest BCUT2D eigenvalue weighted by Gasteiger charge is -2.27. The van der Waals surface area contributed by atoms with Crippen LogP contribution in [0.4, 0.5) is 0 Å². The van der Waals surface area contributed by atoms with E-state index in [1.165, 1.54) is 5.39 Å². The van der Waals surface area contributed by atoms with Crippen LogP contribution in [0.1, 0.15) is 5.56 Å². The Labute approximate surface area is 105 Å². The van der Waals surface area contributed by atoms with Gasteiger partial charge in [-0.2, -0.15) is 0 Å². The summed E-state index contributed by atoms with van der Waals surface area (Å²) in [6.45, 7) is 7.66. The molecule has 0 unspecified atom stereocenters. The largest absolute Gasteiger partial charge is 0.402 e. The van der Waals surface area contributed by atoms with E-state index in [0.717, 1.165) is 10.9 Å². The first-order valence-corrected chi connectivity index (χ1v) is 5.78. The van der Waals surface area contributed by atoms with Gasteiger partial charge in [-0.3, -0.25) is 0 Å². The van der Waals surface area contributed by atoms with Crippen molar-refractivity contribution >= 4 is 21.3 Å². The highest BCUT2D eigenvalue weighted by Crippen LogP contribution is 2.33. The highest BCUT2D eigenvalue weighted by molar-refractivity contribution is 5.99. The van der Waals surface area contributed by atoms with Crippen LogP contribution in [0.25, 0.3) is 10.8 Å². The van der Waals surface area contributed by atoms with Crippen LogP contribution in [0, 0.1) is 0 Å². The average molecular weight is 237 g/mol. The van der Waals surface area contributed by atoms with E-state index in [2.05, 4.69) is 41.8 Å². The van der Waals surface area contributed by atoms with Gasteiger partial charge in [0.25, 0.3) is 0 Å². The van der Waals surface area contributed by atoms with Gasteiger partial charge in [0.15, 0.2) is 0 Å². The molecule has 2 aromatic carbocycles. The zero-order valence-electron chi connectivity index (χ0n) is 9.52. The van der Waals surface area contributed by atoms with Crippen molar-refractivity contribution in [2.75, 3.05) is 0 Å². The summed E-state index contributed by atoms with van der Waals surface area (Å²) in [5, 5.41) is 2.30. The lowest BCUT2D eigenvalue weighted by Crippen LogP contribution is -2.23. The molecule has 0 aliphatic heterocycles. The van der Waals surface area contributed by atoms with Crippen molar-refractivity contribution in [1.82, 2.24) is 0 Å². The van der Waals surface area contributed by atoms with E-state index in [4.69, 9.17) is 4.43 Å². The molecule has 0 fully saturated rings. The minimum absolute atomic E-state index is 0.711. The molecule has 0 aliphatic carbocycles. The van der Waals surface area contributed by atoms with Crippen molar-refractivity contribution in [2.45, 2.75) is 5.60 Å². The Bertz CT molecular complexity index is 546. The Morgan fingerprint density at radius 3 is 2.29 bits per heavy atom. The van der Waals surface area contributed by atoms with Gasteiger partial charge in [-0.15, -0.1) is 0 Å². The highest BCUT2D eigenvalue weighted by Gasteiger charge is 2.25. The minimum Gasteiger partial charge on any atom is -0.402 e. The fourth-order valence-corrected chi connectivity index (χ4v) is 2.28. The third-order valence-electron chi connectivity index (χ3n) is 2.99. The standard InChI is InChI=1S/C15H13OSi/c1-3-15(4-2,16-17)14-11-7-9-12-8-5-6-10-13(12)14/h3-11H,1-2H2. The third-order valence-corrected chi connectivity index (χ3v) is 3.32. The van der Waals surface area contributed by atoms with Crippen LogP contribution in [-0.2, 0) is 10.0 Å². The zero-order chi connectivity index (χ0) is 12.3. The molecule has 0 aliphatic rings. The van der Waals surface area contributed by atoms with Crippen LogP contribution < -0.4 is 0 Å². The van der Waals surface area contributed by atoms with Gasteiger partial charge in [-0.25, -0.2) is 0 Å². The van der Waals surface area contributed by atoms with Crippen LogP contribution in [0.2, 0.25) is 0 Å². The molecule has 2 aromatic rings. The summed E-state index contributed by atoms with van der Waals surface area (Å²) in [6.07, 6.45) is 3.46. The summed E-state index contributed by atoms with van der Waals surface area (Å²) >= 11 is 0. The Morgan fingerprint density at radius 1 is 1.00 bits per heavy atom. The van der Waals surface area contributed by atoms with E-state index in [0.29, 0.717) is 0 Å². The van der Waals surface area contributed by atoms with Gasteiger partial charge in [0, 0.05) is 0 Å². The van der Waals surface area contributed by atoms with Crippen molar-refractivity contribution in [3.05, 3.63) is 73.3 Å². The molecule has 0 bridgehead atoms. The maximum absolute atomic E-state index is 5.40. The smallest absolute Gasteiger partial charge is 0.248 e. The average Bonchev–Trinajstić information content (AvgIpc) is 2.41. The monoisotopic (exact) mass is 237 g/mol. The van der Waals surface area contributed by atoms with E-state index in [-0.39, 0.29) is 0 Å². The van der Waals surface area contributed by atoms with Gasteiger partial charge in [0.05, 0.1) is 0 Å². The summed E-state index contributed by atoms with van der Waals surface area (Å²) in [4.78, 5) is 0. The first kappa shape index (κ1) is 11.8. The summed E-state index contributed by atoms with van der Waals surface area (Å²) in [7, 11) is 3.13. The van der Waals surface area contributed by atoms with Gasteiger partial charge < -0.3 is 4.43 Å². The minimum atomic E-state index is -0.711. The summed E-state index contributed by atoms with van der Waals surface area (Å²) in [5.74, 6) is 0. The lowest BCUT2D eigenvalue weighted by atomic mass is 9.89.